The van der Waals surface area contributed by atoms with E-state index in [-0.39, 0.29) is 16.0 Å². The van der Waals surface area contributed by atoms with Gasteiger partial charge in [0.1, 0.15) is 5.60 Å². The second kappa shape index (κ2) is 4.75. The summed E-state index contributed by atoms with van der Waals surface area (Å²) in [5, 5.41) is 0. The van der Waals surface area contributed by atoms with Crippen LogP contribution in [0.15, 0.2) is 24.3 Å². The molecule has 1 aromatic rings. The number of benzene rings is 1. The van der Waals surface area contributed by atoms with Crippen molar-refractivity contribution in [2.24, 2.45) is 0 Å². The van der Waals surface area contributed by atoms with Crippen LogP contribution in [0.3, 0.4) is 0 Å². The van der Waals surface area contributed by atoms with Crippen molar-refractivity contribution in [1.82, 2.24) is 4.90 Å². The number of amides is 2. The fourth-order valence-electron chi connectivity index (χ4n) is 2.14. The fourth-order valence-corrected chi connectivity index (χ4v) is 2.14. The van der Waals surface area contributed by atoms with Crippen LogP contribution in [0.2, 0.25) is 0 Å². The molecule has 114 valence electrons. The lowest BCUT2D eigenvalue weighted by Crippen LogP contribution is -2.43. The second-order valence-electron chi connectivity index (χ2n) is 5.69. The maximum atomic E-state index is 13.3. The van der Waals surface area contributed by atoms with E-state index in [4.69, 9.17) is 4.74 Å². The van der Waals surface area contributed by atoms with Crippen molar-refractivity contribution in [3.05, 3.63) is 35.4 Å². The largest absolute Gasteiger partial charge is 0.443 e. The second-order valence-corrected chi connectivity index (χ2v) is 5.69. The number of rotatable bonds is 0. The summed E-state index contributed by atoms with van der Waals surface area (Å²) in [4.78, 5) is 24.2. The van der Waals surface area contributed by atoms with Crippen LogP contribution in [0.5, 0.6) is 0 Å². The number of hydrogen-bond donors (Lipinski definition) is 0. The Labute approximate surface area is 119 Å². The Morgan fingerprint density at radius 1 is 1.19 bits per heavy atom. The third kappa shape index (κ3) is 2.86. The monoisotopic (exact) mass is 301 g/mol. The van der Waals surface area contributed by atoms with Crippen molar-refractivity contribution in [3.63, 3.8) is 0 Å². The molecule has 0 unspecified atom stereocenters. The molecule has 0 fully saturated rings. The highest BCUT2D eigenvalue weighted by Crippen LogP contribution is 2.44. The summed E-state index contributed by atoms with van der Waals surface area (Å²) in [5.74, 6) is -0.998. The number of imide groups is 1. The van der Waals surface area contributed by atoms with Gasteiger partial charge in [-0.05, 0) is 32.4 Å². The van der Waals surface area contributed by atoms with Gasteiger partial charge < -0.3 is 4.74 Å². The Morgan fingerprint density at radius 2 is 1.76 bits per heavy atom. The van der Waals surface area contributed by atoms with E-state index in [1.165, 1.54) is 45.0 Å². The summed E-state index contributed by atoms with van der Waals surface area (Å²) in [6.45, 7) is 4.55. The van der Waals surface area contributed by atoms with Gasteiger partial charge in [-0.2, -0.15) is 13.2 Å². The maximum Gasteiger partial charge on any atom is 0.418 e. The number of hydrogen-bond acceptors (Lipinski definition) is 3. The molecule has 0 radical (unpaired) electrons. The Bertz CT molecular complexity index is 590. The van der Waals surface area contributed by atoms with Gasteiger partial charge in [0.25, 0.3) is 5.91 Å². The van der Waals surface area contributed by atoms with E-state index in [2.05, 4.69) is 0 Å². The Morgan fingerprint density at radius 3 is 2.29 bits per heavy atom. The maximum absolute atomic E-state index is 13.3. The van der Waals surface area contributed by atoms with E-state index in [0.29, 0.717) is 0 Å². The average molecular weight is 301 g/mol. The lowest BCUT2D eigenvalue weighted by Gasteiger charge is -2.28. The molecule has 0 saturated carbocycles. The standard InChI is InChI=1S/C14H14F3NO3/c1-13(2,3)21-12(20)18-10(14(15,16)17)8-6-4-5-7-9(8)11(18)19/h4-7,10H,1-3H3/t10-/m0/s1. The lowest BCUT2D eigenvalue weighted by atomic mass is 10.0. The van der Waals surface area contributed by atoms with E-state index >= 15 is 0 Å². The van der Waals surface area contributed by atoms with Crippen molar-refractivity contribution in [3.8, 4) is 0 Å². The molecular weight excluding hydrogens is 287 g/mol. The molecular formula is C14H14F3NO3. The van der Waals surface area contributed by atoms with Crippen LogP contribution in [0.4, 0.5) is 18.0 Å². The first-order chi connectivity index (χ1) is 9.52. The summed E-state index contributed by atoms with van der Waals surface area (Å²) < 4.78 is 44.7. The Balaban J connectivity index is 2.46. The molecule has 1 atom stereocenters. The van der Waals surface area contributed by atoms with E-state index in [0.717, 1.165) is 0 Å². The predicted octanol–water partition coefficient (Wildman–Crippen LogP) is 3.68. The Kier molecular flexibility index (Phi) is 3.47. The summed E-state index contributed by atoms with van der Waals surface area (Å²) in [6.07, 6.45) is -6.06. The molecule has 0 aromatic heterocycles. The van der Waals surface area contributed by atoms with Crippen LogP contribution in [0, 0.1) is 0 Å². The number of halogens is 3. The van der Waals surface area contributed by atoms with Gasteiger partial charge in [0, 0.05) is 5.56 Å². The number of nitrogens with zero attached hydrogens (tertiary/aromatic N) is 1. The van der Waals surface area contributed by atoms with Crippen LogP contribution in [-0.4, -0.2) is 28.7 Å². The van der Waals surface area contributed by atoms with Gasteiger partial charge >= 0.3 is 12.3 Å². The molecule has 0 N–H and O–H groups in total. The number of carbonyl (C=O) groups is 2. The fraction of sp³-hybridized carbons (Fsp3) is 0.429. The number of fused-ring (bicyclic) bond motifs is 1. The molecule has 21 heavy (non-hydrogen) atoms. The summed E-state index contributed by atoms with van der Waals surface area (Å²) in [5.41, 5.74) is -1.37. The third-order valence-electron chi connectivity index (χ3n) is 2.86. The average Bonchev–Trinajstić information content (AvgIpc) is 2.61. The van der Waals surface area contributed by atoms with Crippen LogP contribution in [0.1, 0.15) is 42.7 Å². The van der Waals surface area contributed by atoms with Gasteiger partial charge in [-0.25, -0.2) is 9.69 Å². The number of ether oxygens (including phenoxy) is 1. The molecule has 2 amide bonds. The van der Waals surface area contributed by atoms with Crippen molar-refractivity contribution in [1.29, 1.82) is 0 Å². The number of alkyl halides is 3. The van der Waals surface area contributed by atoms with E-state index in [1.54, 1.807) is 0 Å². The van der Waals surface area contributed by atoms with E-state index in [1.807, 2.05) is 0 Å². The zero-order valence-corrected chi connectivity index (χ0v) is 11.7. The molecule has 0 saturated heterocycles. The molecule has 0 spiro atoms. The van der Waals surface area contributed by atoms with Gasteiger partial charge in [-0.15, -0.1) is 0 Å². The van der Waals surface area contributed by atoms with Crippen molar-refractivity contribution < 1.29 is 27.5 Å². The quantitative estimate of drug-likeness (QED) is 0.734. The summed E-state index contributed by atoms with van der Waals surface area (Å²) >= 11 is 0. The van der Waals surface area contributed by atoms with Gasteiger partial charge in [-0.1, -0.05) is 18.2 Å². The van der Waals surface area contributed by atoms with Crippen LogP contribution in [0.25, 0.3) is 0 Å². The smallest absolute Gasteiger partial charge is 0.418 e. The van der Waals surface area contributed by atoms with Crippen LogP contribution in [-0.2, 0) is 4.74 Å². The highest BCUT2D eigenvalue weighted by molar-refractivity contribution is 6.07. The third-order valence-corrected chi connectivity index (χ3v) is 2.86. The van der Waals surface area contributed by atoms with Gasteiger partial charge in [0.2, 0.25) is 0 Å². The van der Waals surface area contributed by atoms with Crippen LogP contribution < -0.4 is 0 Å². The number of carbonyl (C=O) groups excluding carboxylic acids is 2. The highest BCUT2D eigenvalue weighted by Gasteiger charge is 2.55. The minimum Gasteiger partial charge on any atom is -0.443 e. The predicted molar refractivity (Wildman–Crippen MR) is 67.6 cm³/mol. The lowest BCUT2D eigenvalue weighted by molar-refractivity contribution is -0.174. The molecule has 4 nitrogen and oxygen atoms in total. The zero-order chi connectivity index (χ0) is 16.0. The molecule has 1 aliphatic heterocycles. The van der Waals surface area contributed by atoms with E-state index < -0.39 is 29.8 Å². The van der Waals surface area contributed by atoms with Gasteiger partial charge in [0.15, 0.2) is 6.04 Å². The highest BCUT2D eigenvalue weighted by atomic mass is 19.4. The summed E-state index contributed by atoms with van der Waals surface area (Å²) in [6, 6.07) is 2.99. The molecule has 7 heteroatoms. The molecule has 0 bridgehead atoms. The first kappa shape index (κ1) is 15.3. The SMILES string of the molecule is CC(C)(C)OC(=O)N1C(=O)c2ccccc2[C@H]1C(F)(F)F. The van der Waals surface area contributed by atoms with E-state index in [9.17, 15) is 22.8 Å². The minimum atomic E-state index is -4.76. The first-order valence-corrected chi connectivity index (χ1v) is 6.24. The van der Waals surface area contributed by atoms with Crippen LogP contribution >= 0.6 is 0 Å². The molecule has 1 aliphatic rings. The van der Waals surface area contributed by atoms with Crippen molar-refractivity contribution >= 4 is 12.0 Å². The van der Waals surface area contributed by atoms with Gasteiger partial charge in [0.05, 0.1) is 0 Å². The summed E-state index contributed by atoms with van der Waals surface area (Å²) in [7, 11) is 0. The first-order valence-electron chi connectivity index (χ1n) is 6.24. The Hall–Kier alpha value is -2.05. The normalized spacial score (nSPS) is 18.7. The molecule has 0 aliphatic carbocycles. The van der Waals surface area contributed by atoms with Crippen molar-refractivity contribution in [2.45, 2.75) is 38.6 Å². The topological polar surface area (TPSA) is 46.6 Å². The molecule has 1 aromatic carbocycles. The minimum absolute atomic E-state index is 0.134. The zero-order valence-electron chi connectivity index (χ0n) is 11.7. The van der Waals surface area contributed by atoms with Crippen molar-refractivity contribution in [2.75, 3.05) is 0 Å². The molecule has 1 heterocycles. The van der Waals surface area contributed by atoms with Gasteiger partial charge in [-0.3, -0.25) is 4.79 Å². The molecule has 2 rings (SSSR count).